The van der Waals surface area contributed by atoms with Gasteiger partial charge in [0.05, 0.1) is 0 Å². The van der Waals surface area contributed by atoms with Crippen LogP contribution in [0.1, 0.15) is 11.1 Å². The van der Waals surface area contributed by atoms with E-state index in [4.69, 9.17) is 12.2 Å². The zero-order valence-corrected chi connectivity index (χ0v) is 11.9. The molecule has 0 aliphatic heterocycles. The summed E-state index contributed by atoms with van der Waals surface area (Å²) in [5.41, 5.74) is 2.37. The topological polar surface area (TPSA) is 12.0 Å². The van der Waals surface area contributed by atoms with E-state index in [0.717, 1.165) is 17.1 Å². The molecule has 3 heteroatoms. The summed E-state index contributed by atoms with van der Waals surface area (Å²) in [6, 6.07) is 18.5. The molecule has 0 aliphatic rings. The fourth-order valence-corrected chi connectivity index (χ4v) is 3.21. The minimum absolute atomic E-state index is 0.776. The summed E-state index contributed by atoms with van der Waals surface area (Å²) in [6.45, 7) is 0.776. The maximum Gasteiger partial charge on any atom is 0.106 e. The Hall–Kier alpha value is -1.71. The smallest absolute Gasteiger partial charge is 0.106 e. The zero-order chi connectivity index (χ0) is 13.1. The summed E-state index contributed by atoms with van der Waals surface area (Å²) >= 11 is 7.19. The third kappa shape index (κ3) is 2.67. The third-order valence-corrected chi connectivity index (χ3v) is 4.43. The second kappa shape index (κ2) is 5.51. The second-order valence-electron chi connectivity index (χ2n) is 4.31. The highest BCUT2D eigenvalue weighted by molar-refractivity contribution is 7.80. The van der Waals surface area contributed by atoms with Crippen molar-refractivity contribution in [3.05, 3.63) is 71.1 Å². The molecule has 3 aromatic rings. The summed E-state index contributed by atoms with van der Waals surface area (Å²) in [5, 5.41) is 6.85. The molecular weight excluding hydrogens is 270 g/mol. The van der Waals surface area contributed by atoms with E-state index in [9.17, 15) is 0 Å². The van der Waals surface area contributed by atoms with Crippen molar-refractivity contribution in [3.8, 4) is 0 Å². The maximum atomic E-state index is 5.41. The van der Waals surface area contributed by atoms with Crippen LogP contribution in [0.15, 0.2) is 60.0 Å². The van der Waals surface area contributed by atoms with Gasteiger partial charge >= 0.3 is 0 Å². The van der Waals surface area contributed by atoms with Crippen LogP contribution in [0.5, 0.6) is 0 Å². The number of rotatable bonds is 3. The normalized spacial score (nSPS) is 10.5. The summed E-state index contributed by atoms with van der Waals surface area (Å²) in [6.07, 6.45) is 0. The average molecular weight is 283 g/mol. The first kappa shape index (κ1) is 12.3. The Balaban J connectivity index is 1.75. The Morgan fingerprint density at radius 1 is 1.00 bits per heavy atom. The SMILES string of the molecule is S=C(NCc1csc2ccccc12)c1ccccc1. The molecule has 94 valence electrons. The molecule has 1 N–H and O–H groups in total. The summed E-state index contributed by atoms with van der Waals surface area (Å²) < 4.78 is 1.32. The van der Waals surface area contributed by atoms with E-state index in [0.29, 0.717) is 0 Å². The van der Waals surface area contributed by atoms with Crippen LogP contribution in [0.4, 0.5) is 0 Å². The number of thiophene rings is 1. The number of hydrogen-bond acceptors (Lipinski definition) is 2. The summed E-state index contributed by atoms with van der Waals surface area (Å²) in [4.78, 5) is 0.802. The quantitative estimate of drug-likeness (QED) is 0.716. The lowest BCUT2D eigenvalue weighted by Crippen LogP contribution is -2.21. The predicted molar refractivity (Wildman–Crippen MR) is 86.8 cm³/mol. The number of hydrogen-bond donors (Lipinski definition) is 1. The lowest BCUT2D eigenvalue weighted by molar-refractivity contribution is 0.941. The molecule has 2 aromatic carbocycles. The molecule has 0 amide bonds. The Labute approximate surface area is 121 Å². The van der Waals surface area contributed by atoms with Crippen LogP contribution in [0.25, 0.3) is 10.1 Å². The molecule has 0 fully saturated rings. The highest BCUT2D eigenvalue weighted by atomic mass is 32.1. The lowest BCUT2D eigenvalue weighted by atomic mass is 10.1. The monoisotopic (exact) mass is 283 g/mol. The molecule has 0 saturated carbocycles. The van der Waals surface area contributed by atoms with Crippen LogP contribution >= 0.6 is 23.6 Å². The van der Waals surface area contributed by atoms with E-state index in [1.54, 1.807) is 11.3 Å². The van der Waals surface area contributed by atoms with Crippen LogP contribution in [0.3, 0.4) is 0 Å². The predicted octanol–water partition coefficient (Wildman–Crippen LogP) is 4.37. The first-order valence-electron chi connectivity index (χ1n) is 6.13. The zero-order valence-electron chi connectivity index (χ0n) is 10.3. The summed E-state index contributed by atoms with van der Waals surface area (Å²) in [5.74, 6) is 0. The highest BCUT2D eigenvalue weighted by Crippen LogP contribution is 2.25. The van der Waals surface area contributed by atoms with E-state index in [2.05, 4.69) is 35.0 Å². The standard InChI is InChI=1S/C16H13NS2/c18-16(12-6-2-1-3-7-12)17-10-13-11-19-15-9-5-4-8-14(13)15/h1-9,11H,10H2,(H,17,18). The van der Waals surface area contributed by atoms with Gasteiger partial charge in [-0.3, -0.25) is 0 Å². The fraction of sp³-hybridized carbons (Fsp3) is 0.0625. The van der Waals surface area contributed by atoms with Crippen molar-refractivity contribution >= 4 is 38.6 Å². The number of thiocarbonyl (C=S) groups is 1. The van der Waals surface area contributed by atoms with Gasteiger partial charge in [0, 0.05) is 16.8 Å². The molecule has 1 nitrogen and oxygen atoms in total. The molecule has 0 atom stereocenters. The van der Waals surface area contributed by atoms with E-state index < -0.39 is 0 Å². The van der Waals surface area contributed by atoms with Gasteiger partial charge in [0.25, 0.3) is 0 Å². The van der Waals surface area contributed by atoms with E-state index in [-0.39, 0.29) is 0 Å². The second-order valence-corrected chi connectivity index (χ2v) is 5.63. The minimum atomic E-state index is 0.776. The van der Waals surface area contributed by atoms with Crippen molar-refractivity contribution in [2.45, 2.75) is 6.54 Å². The van der Waals surface area contributed by atoms with Crippen molar-refractivity contribution in [2.24, 2.45) is 0 Å². The Morgan fingerprint density at radius 3 is 2.58 bits per heavy atom. The van der Waals surface area contributed by atoms with Crippen LogP contribution in [0, 0.1) is 0 Å². The third-order valence-electron chi connectivity index (χ3n) is 3.04. The number of fused-ring (bicyclic) bond motifs is 1. The summed E-state index contributed by atoms with van der Waals surface area (Å²) in [7, 11) is 0. The molecule has 19 heavy (non-hydrogen) atoms. The molecule has 0 bridgehead atoms. The van der Waals surface area contributed by atoms with Gasteiger partial charge in [-0.2, -0.15) is 0 Å². The largest absolute Gasteiger partial charge is 0.372 e. The maximum absolute atomic E-state index is 5.41. The average Bonchev–Trinajstić information content (AvgIpc) is 2.89. The Bertz CT molecular complexity index is 701. The van der Waals surface area contributed by atoms with E-state index >= 15 is 0 Å². The first-order valence-corrected chi connectivity index (χ1v) is 7.42. The van der Waals surface area contributed by atoms with Crippen LogP contribution in [-0.2, 0) is 6.54 Å². The number of benzene rings is 2. The van der Waals surface area contributed by atoms with Gasteiger partial charge in [0.15, 0.2) is 0 Å². The van der Waals surface area contributed by atoms with Crippen molar-refractivity contribution in [2.75, 3.05) is 0 Å². The van der Waals surface area contributed by atoms with Crippen LogP contribution in [0.2, 0.25) is 0 Å². The molecule has 0 unspecified atom stereocenters. The first-order chi connectivity index (χ1) is 9.34. The van der Waals surface area contributed by atoms with Crippen molar-refractivity contribution < 1.29 is 0 Å². The van der Waals surface area contributed by atoms with Gasteiger partial charge in [0.1, 0.15) is 4.99 Å². The van der Waals surface area contributed by atoms with Gasteiger partial charge in [-0.25, -0.2) is 0 Å². The molecule has 1 aromatic heterocycles. The Kier molecular flexibility index (Phi) is 3.58. The lowest BCUT2D eigenvalue weighted by Gasteiger charge is -2.07. The molecule has 0 saturated heterocycles. The van der Waals surface area contributed by atoms with Crippen molar-refractivity contribution in [1.29, 1.82) is 0 Å². The van der Waals surface area contributed by atoms with Crippen LogP contribution < -0.4 is 5.32 Å². The molecule has 3 rings (SSSR count). The van der Waals surface area contributed by atoms with Gasteiger partial charge in [-0.05, 0) is 22.4 Å². The van der Waals surface area contributed by atoms with Gasteiger partial charge in [0.2, 0.25) is 0 Å². The van der Waals surface area contributed by atoms with Crippen molar-refractivity contribution in [1.82, 2.24) is 5.32 Å². The molecular formula is C16H13NS2. The van der Waals surface area contributed by atoms with Gasteiger partial charge in [-0.1, -0.05) is 60.7 Å². The van der Waals surface area contributed by atoms with E-state index in [1.807, 2.05) is 30.3 Å². The Morgan fingerprint density at radius 2 is 1.74 bits per heavy atom. The number of nitrogens with one attached hydrogen (secondary N) is 1. The molecule has 1 heterocycles. The van der Waals surface area contributed by atoms with Crippen LogP contribution in [-0.4, -0.2) is 4.99 Å². The molecule has 0 radical (unpaired) electrons. The fourth-order valence-electron chi connectivity index (χ4n) is 2.04. The minimum Gasteiger partial charge on any atom is -0.372 e. The van der Waals surface area contributed by atoms with Crippen molar-refractivity contribution in [3.63, 3.8) is 0 Å². The van der Waals surface area contributed by atoms with E-state index in [1.165, 1.54) is 15.6 Å². The molecule has 0 aliphatic carbocycles. The highest BCUT2D eigenvalue weighted by Gasteiger charge is 2.04. The van der Waals surface area contributed by atoms with Gasteiger partial charge in [-0.15, -0.1) is 11.3 Å². The van der Waals surface area contributed by atoms with Gasteiger partial charge < -0.3 is 5.32 Å². The molecule has 0 spiro atoms.